The zero-order valence-electron chi connectivity index (χ0n) is 11.8. The third-order valence-corrected chi connectivity index (χ3v) is 3.02. The van der Waals surface area contributed by atoms with E-state index in [0.29, 0.717) is 25.9 Å². The van der Waals surface area contributed by atoms with E-state index in [0.717, 1.165) is 17.7 Å². The summed E-state index contributed by atoms with van der Waals surface area (Å²) < 4.78 is 5.27. The van der Waals surface area contributed by atoms with Crippen molar-refractivity contribution in [3.05, 3.63) is 29.8 Å². The normalized spacial score (nSPS) is 10.3. The molecule has 0 saturated carbocycles. The number of methoxy groups -OCH3 is 1. The van der Waals surface area contributed by atoms with Crippen LogP contribution in [-0.2, 0) is 11.2 Å². The summed E-state index contributed by atoms with van der Waals surface area (Å²) in [6, 6.07) is 7.73. The Hall–Kier alpha value is -1.55. The van der Waals surface area contributed by atoms with E-state index in [1.165, 1.54) is 0 Å². The van der Waals surface area contributed by atoms with Crippen LogP contribution in [0.1, 0.15) is 25.3 Å². The van der Waals surface area contributed by atoms with Gasteiger partial charge in [-0.05, 0) is 24.5 Å². The van der Waals surface area contributed by atoms with Gasteiger partial charge in [-0.2, -0.15) is 0 Å². The van der Waals surface area contributed by atoms with Crippen LogP contribution in [0.2, 0.25) is 0 Å². The summed E-state index contributed by atoms with van der Waals surface area (Å²) in [6.45, 7) is 3.15. The smallest absolute Gasteiger partial charge is 0.222 e. The van der Waals surface area contributed by atoms with Crippen LogP contribution in [0.15, 0.2) is 24.3 Å². The molecule has 0 aliphatic carbocycles. The quantitative estimate of drug-likeness (QED) is 0.780. The number of carbonyl (C=O) groups excluding carboxylic acids is 1. The second kappa shape index (κ2) is 8.53. The average Bonchev–Trinajstić information content (AvgIpc) is 2.44. The van der Waals surface area contributed by atoms with Gasteiger partial charge in [-0.15, -0.1) is 0 Å². The molecule has 0 radical (unpaired) electrons. The summed E-state index contributed by atoms with van der Waals surface area (Å²) in [7, 11) is 1.63. The highest BCUT2D eigenvalue weighted by Crippen LogP contribution is 2.19. The molecular weight excluding hydrogens is 242 g/mol. The Bertz CT molecular complexity index is 387. The SMILES string of the molecule is CCCN(CCO)C(=O)CCc1ccccc1OC. The van der Waals surface area contributed by atoms with E-state index < -0.39 is 0 Å². The van der Waals surface area contributed by atoms with Crippen molar-refractivity contribution in [3.8, 4) is 5.75 Å². The number of rotatable bonds is 8. The maximum Gasteiger partial charge on any atom is 0.222 e. The van der Waals surface area contributed by atoms with E-state index in [9.17, 15) is 4.79 Å². The summed E-state index contributed by atoms with van der Waals surface area (Å²) in [5.41, 5.74) is 1.04. The summed E-state index contributed by atoms with van der Waals surface area (Å²) in [4.78, 5) is 13.8. The van der Waals surface area contributed by atoms with Gasteiger partial charge in [0.2, 0.25) is 5.91 Å². The first-order chi connectivity index (χ1) is 9.22. The minimum absolute atomic E-state index is 0.0143. The van der Waals surface area contributed by atoms with Gasteiger partial charge in [-0.3, -0.25) is 4.79 Å². The maximum atomic E-state index is 12.1. The Morgan fingerprint density at radius 1 is 1.32 bits per heavy atom. The number of hydrogen-bond acceptors (Lipinski definition) is 3. The average molecular weight is 265 g/mol. The van der Waals surface area contributed by atoms with E-state index in [-0.39, 0.29) is 12.5 Å². The molecular formula is C15H23NO3. The van der Waals surface area contributed by atoms with Crippen LogP contribution < -0.4 is 4.74 Å². The lowest BCUT2D eigenvalue weighted by Crippen LogP contribution is -2.34. The van der Waals surface area contributed by atoms with Crippen molar-refractivity contribution in [1.82, 2.24) is 4.90 Å². The predicted octanol–water partition coefficient (Wildman–Crippen LogP) is 1.86. The van der Waals surface area contributed by atoms with E-state index in [1.54, 1.807) is 12.0 Å². The molecule has 0 bridgehead atoms. The zero-order chi connectivity index (χ0) is 14.1. The second-order valence-electron chi connectivity index (χ2n) is 4.42. The molecule has 0 aliphatic rings. The van der Waals surface area contributed by atoms with Gasteiger partial charge in [0.05, 0.1) is 13.7 Å². The van der Waals surface area contributed by atoms with Gasteiger partial charge in [-0.1, -0.05) is 25.1 Å². The molecule has 1 rings (SSSR count). The van der Waals surface area contributed by atoms with Gasteiger partial charge < -0.3 is 14.7 Å². The number of aliphatic hydroxyl groups excluding tert-OH is 1. The van der Waals surface area contributed by atoms with Crippen LogP contribution in [0.25, 0.3) is 0 Å². The second-order valence-corrected chi connectivity index (χ2v) is 4.42. The molecule has 0 fully saturated rings. The fraction of sp³-hybridized carbons (Fsp3) is 0.533. The predicted molar refractivity (Wildman–Crippen MR) is 75.3 cm³/mol. The Morgan fingerprint density at radius 3 is 2.68 bits per heavy atom. The van der Waals surface area contributed by atoms with Crippen molar-refractivity contribution < 1.29 is 14.6 Å². The third-order valence-electron chi connectivity index (χ3n) is 3.02. The first-order valence-corrected chi connectivity index (χ1v) is 6.73. The van der Waals surface area contributed by atoms with Gasteiger partial charge in [-0.25, -0.2) is 0 Å². The molecule has 0 heterocycles. The fourth-order valence-electron chi connectivity index (χ4n) is 2.06. The number of para-hydroxylation sites is 1. The van der Waals surface area contributed by atoms with Crippen molar-refractivity contribution >= 4 is 5.91 Å². The summed E-state index contributed by atoms with van der Waals surface area (Å²) in [5.74, 6) is 0.904. The number of aryl methyl sites for hydroxylation is 1. The molecule has 0 unspecified atom stereocenters. The first-order valence-electron chi connectivity index (χ1n) is 6.73. The van der Waals surface area contributed by atoms with Gasteiger partial charge in [0, 0.05) is 19.5 Å². The topological polar surface area (TPSA) is 49.8 Å². The monoisotopic (exact) mass is 265 g/mol. The standard InChI is InChI=1S/C15H23NO3/c1-3-10-16(11-12-17)15(18)9-8-13-6-4-5-7-14(13)19-2/h4-7,17H,3,8-12H2,1-2H3. The molecule has 4 nitrogen and oxygen atoms in total. The number of amides is 1. The van der Waals surface area contributed by atoms with Gasteiger partial charge in [0.1, 0.15) is 5.75 Å². The van der Waals surface area contributed by atoms with Crippen LogP contribution in [0, 0.1) is 0 Å². The minimum Gasteiger partial charge on any atom is -0.496 e. The van der Waals surface area contributed by atoms with E-state index in [1.807, 2.05) is 31.2 Å². The fourth-order valence-corrected chi connectivity index (χ4v) is 2.06. The Labute approximate surface area is 115 Å². The van der Waals surface area contributed by atoms with E-state index in [2.05, 4.69) is 0 Å². The van der Waals surface area contributed by atoms with Gasteiger partial charge in [0.15, 0.2) is 0 Å². The molecule has 0 spiro atoms. The Balaban J connectivity index is 2.56. The minimum atomic E-state index is 0.0143. The highest BCUT2D eigenvalue weighted by atomic mass is 16.5. The molecule has 106 valence electrons. The molecule has 0 saturated heterocycles. The van der Waals surface area contributed by atoms with Crippen molar-refractivity contribution in [2.45, 2.75) is 26.2 Å². The lowest BCUT2D eigenvalue weighted by atomic mass is 10.1. The molecule has 1 aromatic carbocycles. The highest BCUT2D eigenvalue weighted by Gasteiger charge is 2.13. The third kappa shape index (κ3) is 4.91. The van der Waals surface area contributed by atoms with Crippen molar-refractivity contribution in [2.24, 2.45) is 0 Å². The van der Waals surface area contributed by atoms with Crippen LogP contribution in [0.5, 0.6) is 5.75 Å². The van der Waals surface area contributed by atoms with Crippen LogP contribution in [0.4, 0.5) is 0 Å². The molecule has 4 heteroatoms. The molecule has 1 N–H and O–H groups in total. The van der Waals surface area contributed by atoms with Crippen LogP contribution in [0.3, 0.4) is 0 Å². The number of hydrogen-bond donors (Lipinski definition) is 1. The van der Waals surface area contributed by atoms with Crippen LogP contribution >= 0.6 is 0 Å². The Kier molecular flexibility index (Phi) is 6.97. The summed E-state index contributed by atoms with van der Waals surface area (Å²) in [6.07, 6.45) is 2.01. The number of carbonyl (C=O) groups is 1. The molecule has 0 aromatic heterocycles. The maximum absolute atomic E-state index is 12.1. The lowest BCUT2D eigenvalue weighted by molar-refractivity contribution is -0.131. The van der Waals surface area contributed by atoms with Crippen molar-refractivity contribution in [2.75, 3.05) is 26.8 Å². The number of ether oxygens (including phenoxy) is 1. The highest BCUT2D eigenvalue weighted by molar-refractivity contribution is 5.76. The van der Waals surface area contributed by atoms with Crippen molar-refractivity contribution in [1.29, 1.82) is 0 Å². The molecule has 19 heavy (non-hydrogen) atoms. The Morgan fingerprint density at radius 2 is 2.05 bits per heavy atom. The van der Waals surface area contributed by atoms with Gasteiger partial charge in [0.25, 0.3) is 0 Å². The van der Waals surface area contributed by atoms with Crippen LogP contribution in [-0.4, -0.2) is 42.7 Å². The number of benzene rings is 1. The molecule has 1 amide bonds. The lowest BCUT2D eigenvalue weighted by Gasteiger charge is -2.21. The van der Waals surface area contributed by atoms with E-state index in [4.69, 9.17) is 9.84 Å². The number of aliphatic hydroxyl groups is 1. The largest absolute Gasteiger partial charge is 0.496 e. The first kappa shape index (κ1) is 15.5. The van der Waals surface area contributed by atoms with Gasteiger partial charge >= 0.3 is 0 Å². The van der Waals surface area contributed by atoms with E-state index >= 15 is 0 Å². The molecule has 0 aliphatic heterocycles. The number of nitrogens with zero attached hydrogens (tertiary/aromatic N) is 1. The summed E-state index contributed by atoms with van der Waals surface area (Å²) in [5, 5.41) is 8.97. The molecule has 1 aromatic rings. The zero-order valence-corrected chi connectivity index (χ0v) is 11.8. The summed E-state index contributed by atoms with van der Waals surface area (Å²) >= 11 is 0. The molecule has 0 atom stereocenters. The van der Waals surface area contributed by atoms with Crippen molar-refractivity contribution in [3.63, 3.8) is 0 Å².